The molecule has 0 amide bonds. The van der Waals surface area contributed by atoms with Crippen molar-refractivity contribution in [3.8, 4) is 17.2 Å². The maximum absolute atomic E-state index is 8.73. The Morgan fingerprint density at radius 3 is 2.31 bits per heavy atom. The van der Waals surface area contributed by atoms with E-state index in [1.54, 1.807) is 12.1 Å². The van der Waals surface area contributed by atoms with Crippen LogP contribution in [0.2, 0.25) is 5.02 Å². The van der Waals surface area contributed by atoms with E-state index in [1.807, 2.05) is 37.3 Å². The van der Waals surface area contributed by atoms with Gasteiger partial charge in [-0.15, -0.1) is 0 Å². The second-order valence-corrected chi connectivity index (χ2v) is 4.03. The summed E-state index contributed by atoms with van der Waals surface area (Å²) in [6.45, 7) is 2.03. The van der Waals surface area contributed by atoms with E-state index in [2.05, 4.69) is 6.07 Å². The fraction of sp³-hybridized carbons (Fsp3) is 0.0714. The van der Waals surface area contributed by atoms with Crippen LogP contribution in [0.25, 0.3) is 11.1 Å². The molecule has 0 aliphatic heterocycles. The molecule has 16 heavy (non-hydrogen) atoms. The highest BCUT2D eigenvalue weighted by molar-refractivity contribution is 6.33. The largest absolute Gasteiger partial charge is 0.192 e. The van der Waals surface area contributed by atoms with Crippen LogP contribution < -0.4 is 0 Å². The number of hydrogen-bond acceptors (Lipinski definition) is 1. The minimum Gasteiger partial charge on any atom is -0.192 e. The van der Waals surface area contributed by atoms with Gasteiger partial charge >= 0.3 is 0 Å². The minimum atomic E-state index is 0.661. The Labute approximate surface area is 99.9 Å². The van der Waals surface area contributed by atoms with E-state index in [-0.39, 0.29) is 0 Å². The Kier molecular flexibility index (Phi) is 2.94. The fourth-order valence-electron chi connectivity index (χ4n) is 1.71. The molecule has 0 aliphatic rings. The van der Waals surface area contributed by atoms with Crippen molar-refractivity contribution in [3.05, 3.63) is 58.6 Å². The maximum Gasteiger partial charge on any atom is 0.0991 e. The molecule has 2 aromatic rings. The number of nitriles is 1. The molecule has 2 aromatic carbocycles. The first-order valence-electron chi connectivity index (χ1n) is 4.98. The zero-order chi connectivity index (χ0) is 11.5. The average molecular weight is 228 g/mol. The van der Waals surface area contributed by atoms with Gasteiger partial charge in [-0.1, -0.05) is 35.9 Å². The Balaban J connectivity index is 2.55. The highest BCUT2D eigenvalue weighted by Crippen LogP contribution is 2.30. The second kappa shape index (κ2) is 4.38. The van der Waals surface area contributed by atoms with Crippen molar-refractivity contribution >= 4 is 11.6 Å². The third kappa shape index (κ3) is 1.93. The van der Waals surface area contributed by atoms with Crippen molar-refractivity contribution in [1.82, 2.24) is 0 Å². The molecule has 0 radical (unpaired) electrons. The predicted octanol–water partition coefficient (Wildman–Crippen LogP) is 4.19. The van der Waals surface area contributed by atoms with Crippen molar-refractivity contribution in [3.63, 3.8) is 0 Å². The van der Waals surface area contributed by atoms with Crippen LogP contribution in [-0.2, 0) is 0 Å². The van der Waals surface area contributed by atoms with Crippen molar-refractivity contribution < 1.29 is 0 Å². The quantitative estimate of drug-likeness (QED) is 0.717. The summed E-state index contributed by atoms with van der Waals surface area (Å²) in [5.41, 5.74) is 3.88. The third-order valence-corrected chi connectivity index (χ3v) is 2.84. The highest BCUT2D eigenvalue weighted by Gasteiger charge is 2.05. The molecule has 2 rings (SSSR count). The Morgan fingerprint density at radius 1 is 1.06 bits per heavy atom. The van der Waals surface area contributed by atoms with E-state index in [0.29, 0.717) is 5.56 Å². The van der Waals surface area contributed by atoms with E-state index >= 15 is 0 Å². The van der Waals surface area contributed by atoms with Crippen LogP contribution in [0.15, 0.2) is 42.5 Å². The zero-order valence-corrected chi connectivity index (χ0v) is 9.62. The molecule has 0 bridgehead atoms. The van der Waals surface area contributed by atoms with E-state index in [4.69, 9.17) is 16.9 Å². The van der Waals surface area contributed by atoms with Crippen LogP contribution in [0.3, 0.4) is 0 Å². The van der Waals surface area contributed by atoms with Gasteiger partial charge in [0.25, 0.3) is 0 Å². The predicted molar refractivity (Wildman–Crippen MR) is 66.3 cm³/mol. The SMILES string of the molecule is Cc1cccc(Cl)c1-c1ccc(C#N)cc1. The molecule has 1 nitrogen and oxygen atoms in total. The Hall–Kier alpha value is -1.78. The van der Waals surface area contributed by atoms with Gasteiger partial charge in [0.2, 0.25) is 0 Å². The summed E-state index contributed by atoms with van der Waals surface area (Å²) in [6.07, 6.45) is 0. The van der Waals surface area contributed by atoms with Crippen molar-refractivity contribution in [2.75, 3.05) is 0 Å². The number of rotatable bonds is 1. The molecule has 0 N–H and O–H groups in total. The van der Waals surface area contributed by atoms with Gasteiger partial charge in [0, 0.05) is 10.6 Å². The highest BCUT2D eigenvalue weighted by atomic mass is 35.5. The lowest BCUT2D eigenvalue weighted by Gasteiger charge is -2.08. The Morgan fingerprint density at radius 2 is 1.75 bits per heavy atom. The summed E-state index contributed by atoms with van der Waals surface area (Å²) < 4.78 is 0. The summed E-state index contributed by atoms with van der Waals surface area (Å²) in [4.78, 5) is 0. The van der Waals surface area contributed by atoms with E-state index < -0.39 is 0 Å². The molecule has 0 saturated heterocycles. The Bertz CT molecular complexity index is 530. The molecule has 0 spiro atoms. The van der Waals surface area contributed by atoms with Gasteiger partial charge < -0.3 is 0 Å². The lowest BCUT2D eigenvalue weighted by Crippen LogP contribution is -1.85. The van der Waals surface area contributed by atoms with Gasteiger partial charge in [-0.25, -0.2) is 0 Å². The van der Waals surface area contributed by atoms with E-state index in [9.17, 15) is 0 Å². The lowest BCUT2D eigenvalue weighted by atomic mass is 10.00. The number of aryl methyl sites for hydroxylation is 1. The molecular formula is C14H10ClN. The molecular weight excluding hydrogens is 218 g/mol. The molecule has 0 fully saturated rings. The number of hydrogen-bond donors (Lipinski definition) is 0. The monoisotopic (exact) mass is 227 g/mol. The summed E-state index contributed by atoms with van der Waals surface area (Å²) in [6, 6.07) is 15.4. The van der Waals surface area contributed by atoms with Crippen LogP contribution in [-0.4, -0.2) is 0 Å². The van der Waals surface area contributed by atoms with Crippen molar-refractivity contribution in [2.24, 2.45) is 0 Å². The number of nitrogens with zero attached hydrogens (tertiary/aromatic N) is 1. The third-order valence-electron chi connectivity index (χ3n) is 2.52. The standard InChI is InChI=1S/C14H10ClN/c1-10-3-2-4-13(15)14(10)12-7-5-11(9-16)6-8-12/h2-8H,1H3. The average Bonchev–Trinajstić information content (AvgIpc) is 2.30. The molecule has 0 aliphatic carbocycles. The summed E-state index contributed by atoms with van der Waals surface area (Å²) >= 11 is 6.17. The van der Waals surface area contributed by atoms with Crippen LogP contribution in [0, 0.1) is 18.3 Å². The normalized spacial score (nSPS) is 9.81. The van der Waals surface area contributed by atoms with Gasteiger partial charge in [-0.2, -0.15) is 5.26 Å². The maximum atomic E-state index is 8.73. The smallest absolute Gasteiger partial charge is 0.0991 e. The van der Waals surface area contributed by atoms with Crippen molar-refractivity contribution in [2.45, 2.75) is 6.92 Å². The van der Waals surface area contributed by atoms with Gasteiger partial charge in [-0.05, 0) is 36.2 Å². The first kappa shape index (κ1) is 10.7. The first-order valence-corrected chi connectivity index (χ1v) is 5.36. The molecule has 2 heteroatoms. The fourth-order valence-corrected chi connectivity index (χ4v) is 2.04. The van der Waals surface area contributed by atoms with Crippen LogP contribution >= 0.6 is 11.6 Å². The van der Waals surface area contributed by atoms with Crippen LogP contribution in [0.4, 0.5) is 0 Å². The van der Waals surface area contributed by atoms with E-state index in [0.717, 1.165) is 21.7 Å². The van der Waals surface area contributed by atoms with Gasteiger partial charge in [0.05, 0.1) is 11.6 Å². The molecule has 0 atom stereocenters. The van der Waals surface area contributed by atoms with Crippen LogP contribution in [0.5, 0.6) is 0 Å². The minimum absolute atomic E-state index is 0.661. The van der Waals surface area contributed by atoms with Gasteiger partial charge in [-0.3, -0.25) is 0 Å². The molecule has 0 heterocycles. The summed E-state index contributed by atoms with van der Waals surface area (Å²) in [7, 11) is 0. The topological polar surface area (TPSA) is 23.8 Å². The van der Waals surface area contributed by atoms with Gasteiger partial charge in [0.15, 0.2) is 0 Å². The van der Waals surface area contributed by atoms with Gasteiger partial charge in [0.1, 0.15) is 0 Å². The summed E-state index contributed by atoms with van der Waals surface area (Å²) in [5.74, 6) is 0. The molecule has 78 valence electrons. The lowest BCUT2D eigenvalue weighted by molar-refractivity contribution is 1.44. The molecule has 0 saturated carbocycles. The molecule has 0 aromatic heterocycles. The van der Waals surface area contributed by atoms with Crippen LogP contribution in [0.1, 0.15) is 11.1 Å². The second-order valence-electron chi connectivity index (χ2n) is 3.62. The molecule has 0 unspecified atom stereocenters. The van der Waals surface area contributed by atoms with E-state index in [1.165, 1.54) is 0 Å². The van der Waals surface area contributed by atoms with Crippen molar-refractivity contribution in [1.29, 1.82) is 5.26 Å². The summed E-state index contributed by atoms with van der Waals surface area (Å²) in [5, 5.41) is 9.47. The number of halogens is 1. The first-order chi connectivity index (χ1) is 7.72. The number of benzene rings is 2. The zero-order valence-electron chi connectivity index (χ0n) is 8.87.